The van der Waals surface area contributed by atoms with Crippen LogP contribution in [0.3, 0.4) is 0 Å². The average molecular weight is 206 g/mol. The number of aliphatic hydroxyl groups excluding tert-OH is 1. The van der Waals surface area contributed by atoms with Gasteiger partial charge in [0.1, 0.15) is 5.69 Å². The molecule has 1 unspecified atom stereocenters. The third kappa shape index (κ3) is 2.07. The van der Waals surface area contributed by atoms with Crippen molar-refractivity contribution >= 4 is 0 Å². The Balaban J connectivity index is 2.20. The van der Waals surface area contributed by atoms with Crippen LogP contribution in [0.5, 0.6) is 0 Å². The first-order valence-electron chi connectivity index (χ1n) is 4.85. The summed E-state index contributed by atoms with van der Waals surface area (Å²) >= 11 is 0. The monoisotopic (exact) mass is 206 g/mol. The van der Waals surface area contributed by atoms with Crippen LogP contribution in [-0.4, -0.2) is 24.7 Å². The van der Waals surface area contributed by atoms with E-state index >= 15 is 0 Å². The maximum Gasteiger partial charge on any atom is 0.102 e. The van der Waals surface area contributed by atoms with E-state index in [9.17, 15) is 5.11 Å². The summed E-state index contributed by atoms with van der Waals surface area (Å²) in [5.74, 6) is 0. The lowest BCUT2D eigenvalue weighted by Gasteiger charge is -2.09. The largest absolute Gasteiger partial charge is 0.387 e. The van der Waals surface area contributed by atoms with Crippen molar-refractivity contribution in [3.63, 3.8) is 0 Å². The van der Waals surface area contributed by atoms with Crippen molar-refractivity contribution in [2.24, 2.45) is 7.05 Å². The van der Waals surface area contributed by atoms with Gasteiger partial charge < -0.3 is 9.67 Å². The molecule has 2 rings (SSSR count). The zero-order valence-corrected chi connectivity index (χ0v) is 8.83. The Hall–Kier alpha value is -1.62. The van der Waals surface area contributed by atoms with Gasteiger partial charge in [-0.2, -0.15) is 0 Å². The molecule has 80 valence electrons. The van der Waals surface area contributed by atoms with Gasteiger partial charge in [-0.25, -0.2) is 0 Å². The summed E-state index contributed by atoms with van der Waals surface area (Å²) in [6, 6.07) is 3.82. The smallest absolute Gasteiger partial charge is 0.102 e. The van der Waals surface area contributed by atoms with E-state index in [1.54, 1.807) is 11.6 Å². The van der Waals surface area contributed by atoms with Crippen LogP contribution in [0, 0.1) is 0 Å². The summed E-state index contributed by atoms with van der Waals surface area (Å²) in [5, 5.41) is 17.4. The molecule has 0 aliphatic heterocycles. The van der Waals surface area contributed by atoms with Crippen LogP contribution < -0.4 is 0 Å². The first-order chi connectivity index (χ1) is 7.16. The molecular weight excluding hydrogens is 192 g/mol. The lowest BCUT2D eigenvalue weighted by atomic mass is 10.3. The molecule has 5 heteroatoms. The normalized spacial score (nSPS) is 13.0. The minimum atomic E-state index is -0.461. The molecule has 0 saturated heterocycles. The molecule has 0 aliphatic carbocycles. The minimum absolute atomic E-state index is 0.461. The zero-order valence-electron chi connectivity index (χ0n) is 8.83. The van der Waals surface area contributed by atoms with Crippen LogP contribution in [0.1, 0.15) is 24.4 Å². The summed E-state index contributed by atoms with van der Waals surface area (Å²) in [5.41, 5.74) is 1.77. The maximum absolute atomic E-state index is 9.51. The number of aryl methyl sites for hydroxylation is 1. The van der Waals surface area contributed by atoms with E-state index in [4.69, 9.17) is 0 Å². The van der Waals surface area contributed by atoms with Crippen molar-refractivity contribution in [3.8, 4) is 0 Å². The Morgan fingerprint density at radius 1 is 1.53 bits per heavy atom. The molecule has 0 fully saturated rings. The number of hydrogen-bond donors (Lipinski definition) is 1. The molecule has 2 aromatic rings. The molecule has 5 nitrogen and oxygen atoms in total. The van der Waals surface area contributed by atoms with Crippen LogP contribution in [0.25, 0.3) is 0 Å². The zero-order chi connectivity index (χ0) is 10.8. The van der Waals surface area contributed by atoms with Crippen LogP contribution in [0.15, 0.2) is 24.5 Å². The molecule has 0 aromatic carbocycles. The van der Waals surface area contributed by atoms with Gasteiger partial charge in [-0.3, -0.25) is 4.68 Å². The van der Waals surface area contributed by atoms with E-state index in [1.807, 2.05) is 36.1 Å². The van der Waals surface area contributed by atoms with E-state index in [1.165, 1.54) is 0 Å². The van der Waals surface area contributed by atoms with Crippen molar-refractivity contribution in [2.75, 3.05) is 0 Å². The predicted molar refractivity (Wildman–Crippen MR) is 55.2 cm³/mol. The van der Waals surface area contributed by atoms with Crippen molar-refractivity contribution in [1.82, 2.24) is 19.6 Å². The second kappa shape index (κ2) is 3.86. The van der Waals surface area contributed by atoms with Gasteiger partial charge in [0.05, 0.1) is 12.6 Å². The molecule has 0 bridgehead atoms. The molecule has 1 atom stereocenters. The van der Waals surface area contributed by atoms with Gasteiger partial charge in [-0.1, -0.05) is 5.21 Å². The average Bonchev–Trinajstić information content (AvgIpc) is 2.75. The van der Waals surface area contributed by atoms with E-state index in [-0.39, 0.29) is 0 Å². The van der Waals surface area contributed by atoms with Crippen molar-refractivity contribution in [1.29, 1.82) is 0 Å². The topological polar surface area (TPSA) is 55.9 Å². The Morgan fingerprint density at radius 3 is 2.93 bits per heavy atom. The molecule has 15 heavy (non-hydrogen) atoms. The lowest BCUT2D eigenvalue weighted by molar-refractivity contribution is 0.189. The highest BCUT2D eigenvalue weighted by molar-refractivity contribution is 5.11. The maximum atomic E-state index is 9.51. The molecule has 0 saturated carbocycles. The van der Waals surface area contributed by atoms with Crippen molar-refractivity contribution < 1.29 is 5.11 Å². The van der Waals surface area contributed by atoms with Gasteiger partial charge in [-0.05, 0) is 19.1 Å². The summed E-state index contributed by atoms with van der Waals surface area (Å²) in [6.07, 6.45) is 3.33. The molecule has 2 aromatic heterocycles. The Bertz CT molecular complexity index is 444. The van der Waals surface area contributed by atoms with Crippen LogP contribution in [0.2, 0.25) is 0 Å². The number of rotatable bonds is 3. The van der Waals surface area contributed by atoms with Gasteiger partial charge in [0.15, 0.2) is 0 Å². The Labute approximate surface area is 88.0 Å². The second-order valence-corrected chi connectivity index (χ2v) is 3.62. The number of nitrogens with zero attached hydrogens (tertiary/aromatic N) is 4. The molecule has 1 N–H and O–H groups in total. The third-order valence-corrected chi connectivity index (χ3v) is 2.28. The quantitative estimate of drug-likeness (QED) is 0.805. The number of aromatic nitrogens is 4. The Kier molecular flexibility index (Phi) is 2.55. The Morgan fingerprint density at radius 2 is 2.33 bits per heavy atom. The standard InChI is InChI=1S/C10H14N4O/c1-8(15)10-4-3-5-14(10)7-9-6-13(2)12-11-9/h3-6,8,15H,7H2,1-2H3. The van der Waals surface area contributed by atoms with E-state index < -0.39 is 6.10 Å². The minimum Gasteiger partial charge on any atom is -0.387 e. The van der Waals surface area contributed by atoms with Gasteiger partial charge in [0, 0.05) is 25.1 Å². The fourth-order valence-corrected chi connectivity index (χ4v) is 1.59. The molecule has 2 heterocycles. The molecule has 0 amide bonds. The summed E-state index contributed by atoms with van der Waals surface area (Å²) in [4.78, 5) is 0. The first-order valence-corrected chi connectivity index (χ1v) is 4.85. The molecule has 0 aliphatic rings. The SMILES string of the molecule is CC(O)c1cccn1Cc1cn(C)nn1. The van der Waals surface area contributed by atoms with Crippen LogP contribution in [-0.2, 0) is 13.6 Å². The van der Waals surface area contributed by atoms with E-state index in [0.29, 0.717) is 6.54 Å². The first kappa shape index (κ1) is 9.92. The fraction of sp³-hybridized carbons (Fsp3) is 0.400. The highest BCUT2D eigenvalue weighted by atomic mass is 16.3. The number of aliphatic hydroxyl groups is 1. The van der Waals surface area contributed by atoms with Gasteiger partial charge in [0.25, 0.3) is 0 Å². The predicted octanol–water partition coefficient (Wildman–Crippen LogP) is 0.718. The summed E-state index contributed by atoms with van der Waals surface area (Å²) in [7, 11) is 1.84. The summed E-state index contributed by atoms with van der Waals surface area (Å²) < 4.78 is 3.63. The van der Waals surface area contributed by atoms with Crippen LogP contribution in [0.4, 0.5) is 0 Å². The lowest BCUT2D eigenvalue weighted by Crippen LogP contribution is -2.06. The highest BCUT2D eigenvalue weighted by Crippen LogP contribution is 2.13. The number of hydrogen-bond acceptors (Lipinski definition) is 3. The van der Waals surface area contributed by atoms with Gasteiger partial charge >= 0.3 is 0 Å². The van der Waals surface area contributed by atoms with Crippen LogP contribution >= 0.6 is 0 Å². The van der Waals surface area contributed by atoms with Gasteiger partial charge in [-0.15, -0.1) is 5.10 Å². The van der Waals surface area contributed by atoms with Gasteiger partial charge in [0.2, 0.25) is 0 Å². The summed E-state index contributed by atoms with van der Waals surface area (Å²) in [6.45, 7) is 2.39. The molecule has 0 radical (unpaired) electrons. The van der Waals surface area contributed by atoms with Crippen molar-refractivity contribution in [3.05, 3.63) is 35.9 Å². The molecular formula is C10H14N4O. The fourth-order valence-electron chi connectivity index (χ4n) is 1.59. The third-order valence-electron chi connectivity index (χ3n) is 2.28. The van der Waals surface area contributed by atoms with E-state index in [2.05, 4.69) is 10.3 Å². The second-order valence-electron chi connectivity index (χ2n) is 3.62. The van der Waals surface area contributed by atoms with E-state index in [0.717, 1.165) is 11.4 Å². The highest BCUT2D eigenvalue weighted by Gasteiger charge is 2.08. The van der Waals surface area contributed by atoms with Crippen molar-refractivity contribution in [2.45, 2.75) is 19.6 Å². The molecule has 0 spiro atoms.